The quantitative estimate of drug-likeness (QED) is 0.413. The van der Waals surface area contributed by atoms with Crippen LogP contribution in [0, 0.1) is 0 Å². The average molecular weight is 197 g/mol. The van der Waals surface area contributed by atoms with Crippen molar-refractivity contribution in [3.05, 3.63) is 11.6 Å². The first-order chi connectivity index (χ1) is 6.74. The Morgan fingerprint density at radius 3 is 3.00 bits per heavy atom. The van der Waals surface area contributed by atoms with Gasteiger partial charge in [-0.25, -0.2) is 4.79 Å². The van der Waals surface area contributed by atoms with Crippen LogP contribution in [0.4, 0.5) is 0 Å². The molecule has 0 aliphatic carbocycles. The molecule has 0 spiro atoms. The second-order valence-electron chi connectivity index (χ2n) is 3.71. The van der Waals surface area contributed by atoms with Crippen LogP contribution in [0.3, 0.4) is 0 Å². The van der Waals surface area contributed by atoms with Gasteiger partial charge in [-0.05, 0) is 19.9 Å². The molecule has 1 saturated heterocycles. The third-order valence-electron chi connectivity index (χ3n) is 2.28. The van der Waals surface area contributed by atoms with E-state index < -0.39 is 0 Å². The Hall–Kier alpha value is -0.830. The third kappa shape index (κ3) is 3.50. The van der Waals surface area contributed by atoms with E-state index in [1.807, 2.05) is 13.0 Å². The van der Waals surface area contributed by atoms with Crippen molar-refractivity contribution in [3.8, 4) is 0 Å². The standard InChI is InChI=1S/C11H19NO2/c1-3-4-6-12-7-5-10-8-9(2)14-11(10)13/h5,9,12H,3-4,6-8H2,1-2H3/b10-5-. The zero-order chi connectivity index (χ0) is 10.4. The lowest BCUT2D eigenvalue weighted by molar-refractivity contribution is -0.138. The minimum Gasteiger partial charge on any atom is -0.459 e. The number of nitrogens with one attached hydrogen (secondary N) is 1. The van der Waals surface area contributed by atoms with Crippen molar-refractivity contribution in [2.75, 3.05) is 13.1 Å². The number of rotatable bonds is 5. The van der Waals surface area contributed by atoms with Gasteiger partial charge in [0, 0.05) is 18.5 Å². The Morgan fingerprint density at radius 2 is 2.43 bits per heavy atom. The zero-order valence-corrected chi connectivity index (χ0v) is 9.01. The molecule has 1 rings (SSSR count). The fourth-order valence-corrected chi connectivity index (χ4v) is 1.46. The van der Waals surface area contributed by atoms with E-state index in [9.17, 15) is 4.79 Å². The summed E-state index contributed by atoms with van der Waals surface area (Å²) in [6, 6.07) is 0. The van der Waals surface area contributed by atoms with Gasteiger partial charge >= 0.3 is 5.97 Å². The topological polar surface area (TPSA) is 38.3 Å². The molecule has 1 aliphatic rings. The van der Waals surface area contributed by atoms with Gasteiger partial charge in [0.1, 0.15) is 6.10 Å². The molecule has 0 aromatic carbocycles. The van der Waals surface area contributed by atoms with Crippen LogP contribution in [0.2, 0.25) is 0 Å². The molecule has 1 aliphatic heterocycles. The van der Waals surface area contributed by atoms with Crippen LogP contribution in [0.5, 0.6) is 0 Å². The molecule has 0 amide bonds. The Balaban J connectivity index is 2.20. The molecule has 3 heteroatoms. The largest absolute Gasteiger partial charge is 0.459 e. The number of cyclic esters (lactones) is 1. The van der Waals surface area contributed by atoms with Gasteiger partial charge in [-0.1, -0.05) is 19.4 Å². The summed E-state index contributed by atoms with van der Waals surface area (Å²) in [4.78, 5) is 11.2. The highest BCUT2D eigenvalue weighted by atomic mass is 16.5. The highest BCUT2D eigenvalue weighted by molar-refractivity contribution is 5.90. The van der Waals surface area contributed by atoms with Gasteiger partial charge in [0.05, 0.1) is 0 Å². The van der Waals surface area contributed by atoms with E-state index in [4.69, 9.17) is 4.74 Å². The lowest BCUT2D eigenvalue weighted by Crippen LogP contribution is -2.15. The Labute approximate surface area is 85.5 Å². The zero-order valence-electron chi connectivity index (χ0n) is 9.01. The second kappa shape index (κ2) is 5.81. The highest BCUT2D eigenvalue weighted by Gasteiger charge is 2.24. The van der Waals surface area contributed by atoms with Crippen molar-refractivity contribution in [1.82, 2.24) is 5.32 Å². The Kier molecular flexibility index (Phi) is 4.66. The number of unbranched alkanes of at least 4 members (excludes halogenated alkanes) is 1. The van der Waals surface area contributed by atoms with E-state index >= 15 is 0 Å². The molecule has 1 fully saturated rings. The molecule has 0 radical (unpaired) electrons. The van der Waals surface area contributed by atoms with Crippen molar-refractivity contribution in [2.24, 2.45) is 0 Å². The maximum Gasteiger partial charge on any atom is 0.334 e. The molecule has 0 aromatic heterocycles. The summed E-state index contributed by atoms with van der Waals surface area (Å²) in [5, 5.41) is 3.26. The van der Waals surface area contributed by atoms with Gasteiger partial charge in [0.2, 0.25) is 0 Å². The molecule has 1 atom stereocenters. The summed E-state index contributed by atoms with van der Waals surface area (Å²) in [5.41, 5.74) is 0.821. The van der Waals surface area contributed by atoms with E-state index in [0.29, 0.717) is 0 Å². The number of hydrogen-bond acceptors (Lipinski definition) is 3. The van der Waals surface area contributed by atoms with Crippen molar-refractivity contribution in [3.63, 3.8) is 0 Å². The monoisotopic (exact) mass is 197 g/mol. The van der Waals surface area contributed by atoms with E-state index in [2.05, 4.69) is 12.2 Å². The van der Waals surface area contributed by atoms with Gasteiger partial charge in [-0.3, -0.25) is 0 Å². The number of carbonyl (C=O) groups excluding carboxylic acids is 1. The lowest BCUT2D eigenvalue weighted by Gasteiger charge is -1.98. The van der Waals surface area contributed by atoms with Crippen molar-refractivity contribution in [1.29, 1.82) is 0 Å². The van der Waals surface area contributed by atoms with Gasteiger partial charge in [0.25, 0.3) is 0 Å². The fourth-order valence-electron chi connectivity index (χ4n) is 1.46. The summed E-state index contributed by atoms with van der Waals surface area (Å²) >= 11 is 0. The summed E-state index contributed by atoms with van der Waals surface area (Å²) in [5.74, 6) is -0.144. The summed E-state index contributed by atoms with van der Waals surface area (Å²) in [6.45, 7) is 5.88. The van der Waals surface area contributed by atoms with Crippen LogP contribution in [0.25, 0.3) is 0 Å². The summed E-state index contributed by atoms with van der Waals surface area (Å²) in [6.07, 6.45) is 5.15. The molecule has 1 heterocycles. The number of ether oxygens (including phenoxy) is 1. The maximum absolute atomic E-state index is 11.2. The lowest BCUT2D eigenvalue weighted by atomic mass is 10.1. The smallest absolute Gasteiger partial charge is 0.334 e. The molecular weight excluding hydrogens is 178 g/mol. The van der Waals surface area contributed by atoms with E-state index in [1.54, 1.807) is 0 Å². The number of hydrogen-bond donors (Lipinski definition) is 1. The van der Waals surface area contributed by atoms with Crippen LogP contribution in [0.1, 0.15) is 33.1 Å². The molecular formula is C11H19NO2. The van der Waals surface area contributed by atoms with E-state index in [-0.39, 0.29) is 12.1 Å². The third-order valence-corrected chi connectivity index (χ3v) is 2.28. The van der Waals surface area contributed by atoms with Crippen LogP contribution >= 0.6 is 0 Å². The minimum atomic E-state index is -0.144. The number of carbonyl (C=O) groups is 1. The molecule has 0 saturated carbocycles. The molecule has 1 N–H and O–H groups in total. The fraction of sp³-hybridized carbons (Fsp3) is 0.727. The van der Waals surface area contributed by atoms with Crippen molar-refractivity contribution < 1.29 is 9.53 Å². The first-order valence-corrected chi connectivity index (χ1v) is 5.34. The average Bonchev–Trinajstić information content (AvgIpc) is 2.45. The van der Waals surface area contributed by atoms with Crippen molar-refractivity contribution >= 4 is 5.97 Å². The van der Waals surface area contributed by atoms with Gasteiger partial charge in [0.15, 0.2) is 0 Å². The predicted octanol–water partition coefficient (Wildman–Crippen LogP) is 1.64. The van der Waals surface area contributed by atoms with Crippen LogP contribution in [0.15, 0.2) is 11.6 Å². The van der Waals surface area contributed by atoms with Crippen LogP contribution < -0.4 is 5.32 Å². The molecule has 3 nitrogen and oxygen atoms in total. The summed E-state index contributed by atoms with van der Waals surface area (Å²) in [7, 11) is 0. The highest BCUT2D eigenvalue weighted by Crippen LogP contribution is 2.18. The normalized spacial score (nSPS) is 24.3. The Bertz CT molecular complexity index is 223. The molecule has 1 unspecified atom stereocenters. The minimum absolute atomic E-state index is 0.0596. The van der Waals surface area contributed by atoms with E-state index in [0.717, 1.165) is 25.1 Å². The number of esters is 1. The SMILES string of the molecule is CCCCNC/C=C1/CC(C)OC1=O. The van der Waals surface area contributed by atoms with Gasteiger partial charge in [-0.2, -0.15) is 0 Å². The summed E-state index contributed by atoms with van der Waals surface area (Å²) < 4.78 is 5.02. The van der Waals surface area contributed by atoms with Crippen LogP contribution in [-0.4, -0.2) is 25.2 Å². The van der Waals surface area contributed by atoms with Crippen molar-refractivity contribution in [2.45, 2.75) is 39.2 Å². The first kappa shape index (κ1) is 11.2. The van der Waals surface area contributed by atoms with Crippen LogP contribution in [-0.2, 0) is 9.53 Å². The van der Waals surface area contributed by atoms with Gasteiger partial charge < -0.3 is 10.1 Å². The molecule has 14 heavy (non-hydrogen) atoms. The molecule has 0 aromatic rings. The maximum atomic E-state index is 11.2. The van der Waals surface area contributed by atoms with Gasteiger partial charge in [-0.15, -0.1) is 0 Å². The second-order valence-corrected chi connectivity index (χ2v) is 3.71. The Morgan fingerprint density at radius 1 is 1.64 bits per heavy atom. The molecule has 80 valence electrons. The predicted molar refractivity (Wildman–Crippen MR) is 56.0 cm³/mol. The molecule has 0 bridgehead atoms. The first-order valence-electron chi connectivity index (χ1n) is 5.34. The van der Waals surface area contributed by atoms with E-state index in [1.165, 1.54) is 12.8 Å².